The molecule has 2 aliphatic heterocycles. The first-order valence-electron chi connectivity index (χ1n) is 18.3. The van der Waals surface area contributed by atoms with Crippen LogP contribution in [-0.4, -0.2) is 85.7 Å². The predicted molar refractivity (Wildman–Crippen MR) is 186 cm³/mol. The number of ether oxygens (including phenoxy) is 3. The van der Waals surface area contributed by atoms with E-state index in [9.17, 15) is 39.9 Å². The molecule has 11 heteroatoms. The molecule has 11 nitrogen and oxygen atoms in total. The largest absolute Gasteiger partial charge is 0.511 e. The van der Waals surface area contributed by atoms with Gasteiger partial charge in [0.2, 0.25) is 5.78 Å². The summed E-state index contributed by atoms with van der Waals surface area (Å²) in [7, 11) is 0. The Morgan fingerprint density at radius 1 is 0.961 bits per heavy atom. The van der Waals surface area contributed by atoms with Gasteiger partial charge >= 0.3 is 11.9 Å². The van der Waals surface area contributed by atoms with Crippen molar-refractivity contribution in [3.63, 3.8) is 0 Å². The van der Waals surface area contributed by atoms with E-state index in [1.54, 1.807) is 26.8 Å². The van der Waals surface area contributed by atoms with Gasteiger partial charge in [0, 0.05) is 29.2 Å². The Kier molecular flexibility index (Phi) is 9.67. The summed E-state index contributed by atoms with van der Waals surface area (Å²) >= 11 is 0. The number of aliphatic hydroxyl groups is 4. The minimum atomic E-state index is -1.76. The van der Waals surface area contributed by atoms with Crippen LogP contribution in [-0.2, 0) is 28.6 Å². The van der Waals surface area contributed by atoms with Crippen molar-refractivity contribution in [1.82, 2.24) is 0 Å². The zero-order valence-corrected chi connectivity index (χ0v) is 30.9. The molecule has 1 spiro atoms. The number of allylic oxidation sites excluding steroid dienone is 5. The number of hydrogen-bond acceptors (Lipinski definition) is 10. The predicted octanol–water partition coefficient (Wildman–Crippen LogP) is 4.86. The molecule has 5 N–H and O–H groups in total. The lowest BCUT2D eigenvalue weighted by Crippen LogP contribution is -2.59. The molecule has 1 saturated carbocycles. The zero-order chi connectivity index (χ0) is 37.5. The number of carbonyl (C=O) groups excluding carboxylic acids is 2. The van der Waals surface area contributed by atoms with Gasteiger partial charge in [-0.2, -0.15) is 0 Å². The summed E-state index contributed by atoms with van der Waals surface area (Å²) in [5.74, 6) is -4.71. The summed E-state index contributed by atoms with van der Waals surface area (Å²) in [6.45, 7) is 15.0. The first-order chi connectivity index (χ1) is 23.8. The van der Waals surface area contributed by atoms with Crippen LogP contribution in [0.4, 0.5) is 0 Å². The molecule has 51 heavy (non-hydrogen) atoms. The molecule has 280 valence electrons. The fourth-order valence-corrected chi connectivity index (χ4v) is 10.8. The second-order valence-electron chi connectivity index (χ2n) is 16.7. The Labute approximate surface area is 299 Å². The molecule has 14 atom stereocenters. The summed E-state index contributed by atoms with van der Waals surface area (Å²) in [6, 6.07) is 0. The van der Waals surface area contributed by atoms with Crippen molar-refractivity contribution < 1.29 is 54.1 Å². The van der Waals surface area contributed by atoms with Crippen molar-refractivity contribution >= 4 is 17.7 Å². The number of hydrogen-bond donors (Lipinski definition) is 5. The van der Waals surface area contributed by atoms with E-state index in [0.29, 0.717) is 25.7 Å². The van der Waals surface area contributed by atoms with E-state index < -0.39 is 88.4 Å². The standard InChI is InChI=1S/C40H54O11/c1-18-10-9-11-19(2)28-21(4)14-24-26(50-37-32(43)31(42)30(41)23(6)49-37)13-12-20(3)29(24)39(28,8)33(44)27-34(45)40(51-36(27)48)16-22(5)25(35(46)47)17-38(40,7)15-18/h11,14-15,17,20,22-24,26,28-32,37,41-44H,9-10,12-13,16H2,1-8H3,(H,46,47)/b18-15+,19-11+,33-27?/t20-,22+,23+,24+,26-,28+,29+,30+,31+,32+,37-,38+,39+,40+/m0/s1. The lowest BCUT2D eigenvalue weighted by molar-refractivity contribution is -0.312. The molecule has 2 heterocycles. The third kappa shape index (κ3) is 5.69. The number of aliphatic carboxylic acids is 1. The molecule has 6 rings (SSSR count). The Morgan fingerprint density at radius 3 is 2.31 bits per heavy atom. The molecule has 3 fully saturated rings. The second kappa shape index (κ2) is 13.1. The molecule has 2 bridgehead atoms. The highest BCUT2D eigenvalue weighted by Gasteiger charge is 2.67. The van der Waals surface area contributed by atoms with E-state index in [0.717, 1.165) is 16.7 Å². The molecule has 6 aliphatic rings. The van der Waals surface area contributed by atoms with Crippen LogP contribution in [0, 0.1) is 40.4 Å². The Hall–Kier alpha value is -3.09. The lowest BCUT2D eigenvalue weighted by atomic mass is 9.49. The van der Waals surface area contributed by atoms with Crippen LogP contribution >= 0.6 is 0 Å². The van der Waals surface area contributed by atoms with Gasteiger partial charge < -0.3 is 39.7 Å². The first-order valence-corrected chi connectivity index (χ1v) is 18.3. The SMILES string of the molecule is CC1=C[C@H]2[C@@H]([C@@H](C)CC[C@@H]2O[C@@H]2O[C@H](C)[C@@H](O)[C@@H](O)[C@H]2O)[C@]2(C)C(O)=C3C(=O)O[C@]4(C[C@@H](C)C(C(=O)O)=C[C@@]4(C)/C=C(\C)CC/C=C(\C)[C@H]12)C3=O. The number of carboxylic acids is 1. The van der Waals surface area contributed by atoms with Crippen LogP contribution in [0.2, 0.25) is 0 Å². The average molecular weight is 711 g/mol. The van der Waals surface area contributed by atoms with Crippen LogP contribution in [0.25, 0.3) is 0 Å². The van der Waals surface area contributed by atoms with E-state index in [1.165, 1.54) is 0 Å². The summed E-state index contributed by atoms with van der Waals surface area (Å²) in [4.78, 5) is 41.5. The summed E-state index contributed by atoms with van der Waals surface area (Å²) in [6.07, 6.45) is 3.45. The maximum atomic E-state index is 15.0. The minimum Gasteiger partial charge on any atom is -0.511 e. The molecule has 0 aromatic rings. The average Bonchev–Trinajstić information content (AvgIpc) is 3.29. The van der Waals surface area contributed by atoms with Gasteiger partial charge in [-0.3, -0.25) is 4.79 Å². The van der Waals surface area contributed by atoms with Gasteiger partial charge in [-0.1, -0.05) is 61.8 Å². The quantitative estimate of drug-likeness (QED) is 0.153. The van der Waals surface area contributed by atoms with Crippen LogP contribution in [0.1, 0.15) is 87.5 Å². The topological polar surface area (TPSA) is 180 Å². The summed E-state index contributed by atoms with van der Waals surface area (Å²) < 4.78 is 18.5. The van der Waals surface area contributed by atoms with Crippen molar-refractivity contribution in [3.05, 3.63) is 57.9 Å². The fourth-order valence-electron chi connectivity index (χ4n) is 10.8. The molecule has 0 radical (unpaired) electrons. The van der Waals surface area contributed by atoms with Gasteiger partial charge in [0.05, 0.1) is 17.6 Å². The van der Waals surface area contributed by atoms with Gasteiger partial charge in [-0.25, -0.2) is 9.59 Å². The van der Waals surface area contributed by atoms with Crippen LogP contribution in [0.5, 0.6) is 0 Å². The monoisotopic (exact) mass is 710 g/mol. The number of Topliss-reactive ketones (excluding diaryl/α,β-unsaturated/α-hetero) is 1. The third-order valence-corrected chi connectivity index (χ3v) is 13.2. The number of rotatable bonds is 3. The minimum absolute atomic E-state index is 0.00658. The van der Waals surface area contributed by atoms with Crippen molar-refractivity contribution in [2.75, 3.05) is 0 Å². The van der Waals surface area contributed by atoms with Crippen molar-refractivity contribution in [1.29, 1.82) is 0 Å². The molecule has 2 saturated heterocycles. The molecular formula is C40H54O11. The number of ketones is 1. The second-order valence-corrected chi connectivity index (χ2v) is 16.7. The maximum Gasteiger partial charge on any atom is 0.346 e. The van der Waals surface area contributed by atoms with E-state index in [-0.39, 0.29) is 35.5 Å². The third-order valence-electron chi connectivity index (χ3n) is 13.2. The molecule has 4 aliphatic carbocycles. The van der Waals surface area contributed by atoms with Crippen molar-refractivity contribution in [2.45, 2.75) is 130 Å². The highest BCUT2D eigenvalue weighted by molar-refractivity contribution is 6.26. The molecule has 0 aromatic heterocycles. The van der Waals surface area contributed by atoms with Crippen molar-refractivity contribution in [3.8, 4) is 0 Å². The Balaban J connectivity index is 1.53. The van der Waals surface area contributed by atoms with Crippen LogP contribution < -0.4 is 0 Å². The van der Waals surface area contributed by atoms with Gasteiger partial charge in [0.25, 0.3) is 0 Å². The van der Waals surface area contributed by atoms with Gasteiger partial charge in [0.15, 0.2) is 11.9 Å². The number of fused-ring (bicyclic) bond motifs is 4. The summed E-state index contributed by atoms with van der Waals surface area (Å²) in [5, 5.41) is 54.4. The van der Waals surface area contributed by atoms with Crippen molar-refractivity contribution in [2.24, 2.45) is 40.4 Å². The molecular weight excluding hydrogens is 656 g/mol. The highest BCUT2D eigenvalue weighted by Crippen LogP contribution is 2.62. The maximum absolute atomic E-state index is 15.0. The van der Waals surface area contributed by atoms with Gasteiger partial charge in [-0.05, 0) is 78.1 Å². The number of esters is 1. The molecule has 0 amide bonds. The van der Waals surface area contributed by atoms with E-state index in [1.807, 2.05) is 33.8 Å². The molecule has 0 unspecified atom stereocenters. The number of carbonyl (C=O) groups is 3. The van der Waals surface area contributed by atoms with E-state index in [4.69, 9.17) is 14.2 Å². The normalized spacial score (nSPS) is 48.1. The molecule has 0 aromatic carbocycles. The fraction of sp³-hybridized carbons (Fsp3) is 0.675. The van der Waals surface area contributed by atoms with E-state index >= 15 is 0 Å². The van der Waals surface area contributed by atoms with Gasteiger partial charge in [0.1, 0.15) is 29.6 Å². The Morgan fingerprint density at radius 2 is 1.65 bits per heavy atom. The van der Waals surface area contributed by atoms with Crippen LogP contribution in [0.15, 0.2) is 57.9 Å². The van der Waals surface area contributed by atoms with Crippen LogP contribution in [0.3, 0.4) is 0 Å². The number of carboxylic acid groups (broad SMARTS) is 1. The first kappa shape index (κ1) is 37.7. The van der Waals surface area contributed by atoms with E-state index in [2.05, 4.69) is 19.1 Å². The lowest BCUT2D eigenvalue weighted by Gasteiger charge is -2.56. The zero-order valence-electron chi connectivity index (χ0n) is 30.9. The number of aliphatic hydroxyl groups excluding tert-OH is 4. The highest BCUT2D eigenvalue weighted by atomic mass is 16.7. The summed E-state index contributed by atoms with van der Waals surface area (Å²) in [5.41, 5.74) is -1.66. The Bertz CT molecular complexity index is 1650. The van der Waals surface area contributed by atoms with Gasteiger partial charge in [-0.15, -0.1) is 0 Å². The smallest absolute Gasteiger partial charge is 0.346 e.